The number of aryl methyl sites for hydroxylation is 2. The van der Waals surface area contributed by atoms with E-state index in [1.807, 2.05) is 0 Å². The number of aromatic nitrogens is 6. The number of hydrogen-bond donors (Lipinski definition) is 1. The van der Waals surface area contributed by atoms with Crippen molar-refractivity contribution < 1.29 is 32.1 Å². The van der Waals surface area contributed by atoms with E-state index in [1.165, 1.54) is 62.1 Å². The summed E-state index contributed by atoms with van der Waals surface area (Å²) in [6.07, 6.45) is -0.518. The molecule has 0 aromatic carbocycles. The van der Waals surface area contributed by atoms with Gasteiger partial charge in [0.2, 0.25) is 12.3 Å². The summed E-state index contributed by atoms with van der Waals surface area (Å²) in [6.45, 7) is 4.60. The number of imidazole rings is 1. The molecule has 4 heterocycles. The third-order valence-corrected chi connectivity index (χ3v) is 6.20. The molecule has 0 aliphatic carbocycles. The molecule has 0 fully saturated rings. The van der Waals surface area contributed by atoms with Gasteiger partial charge in [0.05, 0.1) is 12.9 Å². The largest absolute Gasteiger partial charge is 0.433 e. The van der Waals surface area contributed by atoms with Gasteiger partial charge in [0.25, 0.3) is 5.91 Å². The van der Waals surface area contributed by atoms with E-state index in [2.05, 4.69) is 30.4 Å². The van der Waals surface area contributed by atoms with E-state index >= 15 is 0 Å². The smallest absolute Gasteiger partial charge is 0.361 e. The molecule has 4 aromatic heterocycles. The molecule has 16 heteroatoms. The van der Waals surface area contributed by atoms with Crippen LogP contribution < -0.4 is 10.2 Å². The van der Waals surface area contributed by atoms with Crippen molar-refractivity contribution in [3.63, 3.8) is 0 Å². The predicted octanol–water partition coefficient (Wildman–Crippen LogP) is 3.42. The first kappa shape index (κ1) is 29.8. The minimum atomic E-state index is -4.60. The molecule has 0 aliphatic heterocycles. The molecule has 0 saturated carbocycles. The topological polar surface area (TPSA) is 152 Å². The quantitative estimate of drug-likeness (QED) is 0.291. The lowest BCUT2D eigenvalue weighted by Gasteiger charge is -2.21. The summed E-state index contributed by atoms with van der Waals surface area (Å²) in [5.74, 6) is -0.421. The van der Waals surface area contributed by atoms with E-state index < -0.39 is 29.7 Å². The minimum absolute atomic E-state index is 0.0235. The van der Waals surface area contributed by atoms with Gasteiger partial charge >= 0.3 is 6.18 Å². The van der Waals surface area contributed by atoms with Crippen LogP contribution >= 0.6 is 0 Å². The number of carbonyl (C=O) groups excluding carboxylic acids is 3. The third-order valence-electron chi connectivity index (χ3n) is 6.20. The van der Waals surface area contributed by atoms with Gasteiger partial charge in [-0.2, -0.15) is 13.2 Å². The summed E-state index contributed by atoms with van der Waals surface area (Å²) in [5, 5.41) is 6.51. The zero-order valence-electron chi connectivity index (χ0n) is 23.2. The average molecular weight is 586 g/mol. The molecule has 1 N–H and O–H groups in total. The summed E-state index contributed by atoms with van der Waals surface area (Å²) in [5.41, 5.74) is -0.424. The Morgan fingerprint density at radius 3 is 2.52 bits per heavy atom. The predicted molar refractivity (Wildman–Crippen MR) is 142 cm³/mol. The summed E-state index contributed by atoms with van der Waals surface area (Å²) in [4.78, 5) is 56.7. The first-order valence-electron chi connectivity index (χ1n) is 12.4. The van der Waals surface area contributed by atoms with Crippen LogP contribution in [0.15, 0.2) is 41.4 Å². The van der Waals surface area contributed by atoms with Gasteiger partial charge in [-0.1, -0.05) is 5.16 Å². The van der Waals surface area contributed by atoms with Crippen molar-refractivity contribution in [2.75, 3.05) is 24.3 Å². The number of nitrogens with zero attached hydrogens (tertiary/aromatic N) is 8. The van der Waals surface area contributed by atoms with E-state index in [9.17, 15) is 27.6 Å². The molecule has 0 bridgehead atoms. The van der Waals surface area contributed by atoms with Crippen LogP contribution in [0.4, 0.5) is 24.8 Å². The van der Waals surface area contributed by atoms with Crippen LogP contribution in [-0.4, -0.2) is 66.9 Å². The van der Waals surface area contributed by atoms with Crippen molar-refractivity contribution in [3.05, 3.63) is 65.3 Å². The van der Waals surface area contributed by atoms with Crippen molar-refractivity contribution >= 4 is 29.9 Å². The number of amides is 3. The number of pyridine rings is 1. The molecule has 0 spiro atoms. The Morgan fingerprint density at radius 1 is 1.17 bits per heavy atom. The molecule has 4 aromatic rings. The summed E-state index contributed by atoms with van der Waals surface area (Å²) in [6, 6.07) is 3.32. The summed E-state index contributed by atoms with van der Waals surface area (Å²) in [7, 11) is 2.95. The van der Waals surface area contributed by atoms with Gasteiger partial charge in [-0.3, -0.25) is 19.4 Å². The zero-order chi connectivity index (χ0) is 30.8. The van der Waals surface area contributed by atoms with Gasteiger partial charge in [-0.25, -0.2) is 15.0 Å². The monoisotopic (exact) mass is 585 g/mol. The van der Waals surface area contributed by atoms with E-state index in [1.54, 1.807) is 13.0 Å². The molecular formula is C26H26F3N9O4. The number of carbonyl (C=O) groups is 3. The number of alkyl halides is 3. The normalized spacial score (nSPS) is 12.1. The molecule has 13 nitrogen and oxygen atoms in total. The van der Waals surface area contributed by atoms with Gasteiger partial charge in [-0.15, -0.1) is 0 Å². The van der Waals surface area contributed by atoms with E-state index in [-0.39, 0.29) is 40.8 Å². The maximum absolute atomic E-state index is 13.5. The fourth-order valence-electron chi connectivity index (χ4n) is 4.07. The minimum Gasteiger partial charge on any atom is -0.361 e. The zero-order valence-corrected chi connectivity index (χ0v) is 23.2. The number of halogens is 3. The van der Waals surface area contributed by atoms with E-state index in [0.717, 1.165) is 11.1 Å². The van der Waals surface area contributed by atoms with E-state index in [0.29, 0.717) is 17.9 Å². The van der Waals surface area contributed by atoms with Crippen molar-refractivity contribution in [2.24, 2.45) is 0 Å². The lowest BCUT2D eigenvalue weighted by Crippen LogP contribution is -2.33. The van der Waals surface area contributed by atoms with Gasteiger partial charge < -0.3 is 24.2 Å². The molecule has 4 rings (SSSR count). The third kappa shape index (κ3) is 6.26. The first-order valence-corrected chi connectivity index (χ1v) is 12.4. The maximum atomic E-state index is 13.5. The number of hydrogen-bond acceptors (Lipinski definition) is 9. The summed E-state index contributed by atoms with van der Waals surface area (Å²) >= 11 is 0. The van der Waals surface area contributed by atoms with Gasteiger partial charge in [-0.05, 0) is 38.5 Å². The van der Waals surface area contributed by atoms with Crippen LogP contribution in [0.5, 0.6) is 0 Å². The average Bonchev–Trinajstić information content (AvgIpc) is 3.57. The second-order valence-electron chi connectivity index (χ2n) is 9.45. The molecular weight excluding hydrogens is 559 g/mol. The molecule has 220 valence electrons. The van der Waals surface area contributed by atoms with Crippen LogP contribution in [0.3, 0.4) is 0 Å². The van der Waals surface area contributed by atoms with Gasteiger partial charge in [0.1, 0.15) is 29.0 Å². The van der Waals surface area contributed by atoms with Crippen molar-refractivity contribution in [3.8, 4) is 11.4 Å². The number of nitrogens with one attached hydrogen (secondary N) is 1. The highest BCUT2D eigenvalue weighted by atomic mass is 19.4. The fourth-order valence-corrected chi connectivity index (χ4v) is 4.07. The van der Waals surface area contributed by atoms with Crippen molar-refractivity contribution in [1.82, 2.24) is 34.6 Å². The SMILES string of the molecule is Cc1cc(CN(C)C(=O)c2c(N(C)C=O)ncn2[C@@H](C)C(=O)Nc2ccnc(-c3cnc(C(F)(F)F)c(C)c3)n2)no1. The Kier molecular flexibility index (Phi) is 8.35. The molecule has 0 radical (unpaired) electrons. The second-order valence-corrected chi connectivity index (χ2v) is 9.45. The molecule has 42 heavy (non-hydrogen) atoms. The Bertz CT molecular complexity index is 1630. The highest BCUT2D eigenvalue weighted by Crippen LogP contribution is 2.31. The molecule has 0 aliphatic rings. The molecule has 0 unspecified atom stereocenters. The van der Waals surface area contributed by atoms with Crippen LogP contribution in [0, 0.1) is 13.8 Å². The summed E-state index contributed by atoms with van der Waals surface area (Å²) < 4.78 is 45.7. The molecule has 3 amide bonds. The van der Waals surface area contributed by atoms with Gasteiger partial charge in [0.15, 0.2) is 17.3 Å². The maximum Gasteiger partial charge on any atom is 0.433 e. The Balaban J connectivity index is 1.58. The highest BCUT2D eigenvalue weighted by molar-refractivity contribution is 6.00. The van der Waals surface area contributed by atoms with Crippen LogP contribution in [-0.2, 0) is 22.3 Å². The highest BCUT2D eigenvalue weighted by Gasteiger charge is 2.34. The van der Waals surface area contributed by atoms with Gasteiger partial charge in [0, 0.05) is 38.1 Å². The van der Waals surface area contributed by atoms with Crippen LogP contribution in [0.25, 0.3) is 11.4 Å². The Morgan fingerprint density at radius 2 is 1.90 bits per heavy atom. The van der Waals surface area contributed by atoms with Crippen LogP contribution in [0.1, 0.15) is 46.2 Å². The fraction of sp³-hybridized carbons (Fsp3) is 0.308. The Labute approximate surface area is 237 Å². The second kappa shape index (κ2) is 11.8. The first-order chi connectivity index (χ1) is 19.8. The van der Waals surface area contributed by atoms with Crippen molar-refractivity contribution in [2.45, 2.75) is 39.5 Å². The van der Waals surface area contributed by atoms with E-state index in [4.69, 9.17) is 4.52 Å². The lowest BCUT2D eigenvalue weighted by molar-refractivity contribution is -0.141. The van der Waals surface area contributed by atoms with Crippen LogP contribution in [0.2, 0.25) is 0 Å². The Hall–Kier alpha value is -5.15. The molecule has 1 atom stereocenters. The standard InChI is InChI=1S/C26H26F3N9O4/c1-14-8-17(10-31-21(14)26(27,28)29)22-30-7-6-19(33-22)34-24(40)16(3)38-12-32-23(37(5)13-39)20(38)25(41)36(4)11-18-9-15(2)42-35-18/h6-10,12-13,16H,11H2,1-5H3,(H,30,33,34,40)/t16-/m0/s1. The molecule has 0 saturated heterocycles. The number of anilines is 2. The number of rotatable bonds is 9. The van der Waals surface area contributed by atoms with Crippen molar-refractivity contribution in [1.29, 1.82) is 0 Å². The lowest BCUT2D eigenvalue weighted by atomic mass is 10.1.